The summed E-state index contributed by atoms with van der Waals surface area (Å²) in [6, 6.07) is 5.97. The van der Waals surface area contributed by atoms with E-state index in [1.54, 1.807) is 0 Å². The molecule has 5 heteroatoms. The second-order valence-electron chi connectivity index (χ2n) is 3.72. The van der Waals surface area contributed by atoms with Crippen LogP contribution in [0.4, 0.5) is 11.4 Å². The molecule has 1 aromatic carbocycles. The lowest BCUT2D eigenvalue weighted by Gasteiger charge is -2.15. The summed E-state index contributed by atoms with van der Waals surface area (Å²) >= 11 is 1.41. The number of aliphatic imine (C=N–C) groups is 1. The molecule has 0 fully saturated rings. The van der Waals surface area contributed by atoms with E-state index >= 15 is 0 Å². The van der Waals surface area contributed by atoms with Crippen molar-refractivity contribution in [3.05, 3.63) is 23.8 Å². The van der Waals surface area contributed by atoms with Crippen molar-refractivity contribution in [1.82, 2.24) is 5.32 Å². The average molecular weight is 248 g/mol. The highest BCUT2D eigenvalue weighted by molar-refractivity contribution is 8.13. The lowest BCUT2D eigenvalue weighted by molar-refractivity contribution is 1.11. The molecule has 0 aliphatic carbocycles. The van der Waals surface area contributed by atoms with Gasteiger partial charge in [0.15, 0.2) is 11.4 Å². The summed E-state index contributed by atoms with van der Waals surface area (Å²) in [5.41, 5.74) is 3.17. The van der Waals surface area contributed by atoms with Gasteiger partial charge in [-0.3, -0.25) is 5.32 Å². The molecule has 90 valence electrons. The van der Waals surface area contributed by atoms with Gasteiger partial charge in [0.1, 0.15) is 0 Å². The monoisotopic (exact) mass is 248 g/mol. The van der Waals surface area contributed by atoms with Crippen LogP contribution in [0.5, 0.6) is 0 Å². The van der Waals surface area contributed by atoms with E-state index in [4.69, 9.17) is 5.26 Å². The van der Waals surface area contributed by atoms with E-state index in [0.29, 0.717) is 5.17 Å². The number of aryl methyl sites for hydroxylation is 1. The number of anilines is 1. The lowest BCUT2D eigenvalue weighted by atomic mass is 10.1. The molecule has 0 radical (unpaired) electrons. The Morgan fingerprint density at radius 2 is 2.18 bits per heavy atom. The molecule has 0 bridgehead atoms. The number of hydrogen-bond donors (Lipinski definition) is 1. The predicted molar refractivity (Wildman–Crippen MR) is 74.9 cm³/mol. The lowest BCUT2D eigenvalue weighted by Crippen LogP contribution is -2.13. The van der Waals surface area contributed by atoms with Gasteiger partial charge in [0.25, 0.3) is 0 Å². The predicted octanol–water partition coefficient (Wildman–Crippen LogP) is 2.48. The molecule has 0 amide bonds. The van der Waals surface area contributed by atoms with Crippen molar-refractivity contribution in [3.63, 3.8) is 0 Å². The number of rotatable bonds is 2. The second kappa shape index (κ2) is 6.16. The first-order valence-corrected chi connectivity index (χ1v) is 6.36. The first kappa shape index (κ1) is 13.4. The topological polar surface area (TPSA) is 51.4 Å². The van der Waals surface area contributed by atoms with Crippen LogP contribution in [0.2, 0.25) is 0 Å². The number of nitrogens with one attached hydrogen (secondary N) is 1. The summed E-state index contributed by atoms with van der Waals surface area (Å²) in [5, 5.41) is 11.7. The smallest absolute Gasteiger partial charge is 0.183 e. The number of nitriles is 1. The highest BCUT2D eigenvalue weighted by Crippen LogP contribution is 2.24. The standard InChI is InChI=1S/C12H16N4S/c1-9-5-6-10(7-11(9)16(2)3)15-12(17-4)14-8-13/h5-7H,1-4H3,(H,14,15). The summed E-state index contributed by atoms with van der Waals surface area (Å²) in [7, 11) is 4.00. The largest absolute Gasteiger partial charge is 0.377 e. The van der Waals surface area contributed by atoms with Gasteiger partial charge in [0, 0.05) is 19.8 Å². The number of thioether (sulfide) groups is 1. The fourth-order valence-corrected chi connectivity index (χ4v) is 1.78. The van der Waals surface area contributed by atoms with E-state index in [-0.39, 0.29) is 0 Å². The fourth-order valence-electron chi connectivity index (χ4n) is 1.44. The van der Waals surface area contributed by atoms with Crippen molar-refractivity contribution in [1.29, 1.82) is 5.26 Å². The SMILES string of the molecule is CSC(=Nc1ccc(C)c(N(C)C)c1)NC#N. The van der Waals surface area contributed by atoms with Crippen LogP contribution in [-0.4, -0.2) is 25.5 Å². The van der Waals surface area contributed by atoms with Gasteiger partial charge >= 0.3 is 0 Å². The zero-order valence-corrected chi connectivity index (χ0v) is 11.3. The van der Waals surface area contributed by atoms with Crippen molar-refractivity contribution in [2.45, 2.75) is 6.92 Å². The summed E-state index contributed by atoms with van der Waals surface area (Å²) in [6.45, 7) is 2.06. The van der Waals surface area contributed by atoms with E-state index < -0.39 is 0 Å². The first-order chi connectivity index (χ1) is 8.08. The van der Waals surface area contributed by atoms with Crippen LogP contribution in [-0.2, 0) is 0 Å². The molecular formula is C12H16N4S. The van der Waals surface area contributed by atoms with Gasteiger partial charge in [0.05, 0.1) is 5.69 Å². The number of benzene rings is 1. The number of amidine groups is 1. The molecule has 0 spiro atoms. The van der Waals surface area contributed by atoms with Crippen LogP contribution < -0.4 is 10.2 Å². The Balaban J connectivity index is 3.08. The Bertz CT molecular complexity index is 460. The Morgan fingerprint density at radius 3 is 2.71 bits per heavy atom. The Labute approximate surface area is 106 Å². The summed E-state index contributed by atoms with van der Waals surface area (Å²) < 4.78 is 0. The molecule has 0 saturated carbocycles. The van der Waals surface area contributed by atoms with Gasteiger partial charge in [-0.25, -0.2) is 4.99 Å². The Hall–Kier alpha value is -1.67. The van der Waals surface area contributed by atoms with E-state index in [2.05, 4.69) is 17.2 Å². The van der Waals surface area contributed by atoms with Crippen LogP contribution in [0.25, 0.3) is 0 Å². The van der Waals surface area contributed by atoms with E-state index in [0.717, 1.165) is 11.4 Å². The maximum Gasteiger partial charge on any atom is 0.183 e. The zero-order chi connectivity index (χ0) is 12.8. The molecule has 17 heavy (non-hydrogen) atoms. The number of nitrogens with zero attached hydrogens (tertiary/aromatic N) is 3. The third-order valence-corrected chi connectivity index (χ3v) is 2.84. The normalized spacial score (nSPS) is 10.9. The van der Waals surface area contributed by atoms with Crippen LogP contribution in [0.1, 0.15) is 5.56 Å². The van der Waals surface area contributed by atoms with Crippen LogP contribution in [0.3, 0.4) is 0 Å². The molecule has 0 aromatic heterocycles. The maximum absolute atomic E-state index is 8.57. The summed E-state index contributed by atoms with van der Waals surface area (Å²) in [4.78, 5) is 6.42. The average Bonchev–Trinajstić information content (AvgIpc) is 2.30. The van der Waals surface area contributed by atoms with Gasteiger partial charge in [0.2, 0.25) is 0 Å². The zero-order valence-electron chi connectivity index (χ0n) is 10.5. The van der Waals surface area contributed by atoms with Gasteiger partial charge < -0.3 is 4.90 Å². The molecular weight excluding hydrogens is 232 g/mol. The molecule has 0 aliphatic heterocycles. The molecule has 0 unspecified atom stereocenters. The maximum atomic E-state index is 8.57. The van der Waals surface area contributed by atoms with Crippen LogP contribution in [0.15, 0.2) is 23.2 Å². The van der Waals surface area contributed by atoms with Crippen molar-refractivity contribution in [2.75, 3.05) is 25.3 Å². The van der Waals surface area contributed by atoms with Crippen LogP contribution >= 0.6 is 11.8 Å². The van der Waals surface area contributed by atoms with E-state index in [1.165, 1.54) is 17.3 Å². The minimum atomic E-state index is 0.598. The van der Waals surface area contributed by atoms with Gasteiger partial charge in [-0.05, 0) is 30.9 Å². The van der Waals surface area contributed by atoms with Crippen molar-refractivity contribution < 1.29 is 0 Å². The molecule has 0 atom stereocenters. The second-order valence-corrected chi connectivity index (χ2v) is 4.52. The highest BCUT2D eigenvalue weighted by Gasteiger charge is 2.03. The molecule has 1 rings (SSSR count). The Morgan fingerprint density at radius 1 is 1.47 bits per heavy atom. The van der Waals surface area contributed by atoms with Crippen molar-refractivity contribution in [2.24, 2.45) is 4.99 Å². The fraction of sp³-hybridized carbons (Fsp3) is 0.333. The van der Waals surface area contributed by atoms with Crippen molar-refractivity contribution in [3.8, 4) is 6.19 Å². The molecule has 1 N–H and O–H groups in total. The van der Waals surface area contributed by atoms with E-state index in [1.807, 2.05) is 49.6 Å². The van der Waals surface area contributed by atoms with E-state index in [9.17, 15) is 0 Å². The van der Waals surface area contributed by atoms with Gasteiger partial charge in [-0.1, -0.05) is 17.8 Å². The summed E-state index contributed by atoms with van der Waals surface area (Å²) in [5.74, 6) is 0. The first-order valence-electron chi connectivity index (χ1n) is 5.14. The minimum absolute atomic E-state index is 0.598. The quantitative estimate of drug-likeness (QED) is 0.378. The molecule has 1 aromatic rings. The van der Waals surface area contributed by atoms with Crippen molar-refractivity contribution >= 4 is 28.3 Å². The molecule has 0 heterocycles. The molecule has 0 aliphatic rings. The highest BCUT2D eigenvalue weighted by atomic mass is 32.2. The summed E-state index contributed by atoms with van der Waals surface area (Å²) in [6.07, 6.45) is 3.75. The van der Waals surface area contributed by atoms with Gasteiger partial charge in [-0.15, -0.1) is 0 Å². The third kappa shape index (κ3) is 3.68. The van der Waals surface area contributed by atoms with Gasteiger partial charge in [-0.2, -0.15) is 5.26 Å². The number of hydrogen-bond acceptors (Lipinski definition) is 4. The third-order valence-electron chi connectivity index (χ3n) is 2.26. The Kier molecular flexibility index (Phi) is 4.85. The molecule has 4 nitrogen and oxygen atoms in total. The minimum Gasteiger partial charge on any atom is -0.377 e. The molecule has 0 saturated heterocycles. The van der Waals surface area contributed by atoms with Crippen LogP contribution in [0, 0.1) is 18.4 Å².